The fraction of sp³-hybridized carbons (Fsp3) is 0.125. The summed E-state index contributed by atoms with van der Waals surface area (Å²) in [4.78, 5) is 0.941. The molecule has 2 N–H and O–H groups in total. The number of hydrogen-bond donors (Lipinski definition) is 1. The van der Waals surface area contributed by atoms with Gasteiger partial charge in [0.05, 0.1) is 6.04 Å². The van der Waals surface area contributed by atoms with Crippen LogP contribution in [0.25, 0.3) is 10.1 Å². The maximum absolute atomic E-state index is 13.3. The van der Waals surface area contributed by atoms with Gasteiger partial charge in [-0.2, -0.15) is 0 Å². The van der Waals surface area contributed by atoms with Crippen molar-refractivity contribution in [3.8, 4) is 0 Å². The molecule has 0 saturated heterocycles. The van der Waals surface area contributed by atoms with Gasteiger partial charge in [-0.25, -0.2) is 8.78 Å². The molecule has 0 bridgehead atoms. The van der Waals surface area contributed by atoms with Crippen LogP contribution in [0.5, 0.6) is 0 Å². The second kappa shape index (κ2) is 4.96. The van der Waals surface area contributed by atoms with Gasteiger partial charge in [0.15, 0.2) is 0 Å². The number of thiophene rings is 1. The fourth-order valence-electron chi connectivity index (χ4n) is 2.21. The zero-order valence-electron chi connectivity index (χ0n) is 10.9. The topological polar surface area (TPSA) is 26.0 Å². The average Bonchev–Trinajstić information content (AvgIpc) is 2.84. The Morgan fingerprint density at radius 1 is 1.05 bits per heavy atom. The molecule has 1 unspecified atom stereocenters. The number of benzene rings is 2. The van der Waals surface area contributed by atoms with Gasteiger partial charge in [-0.1, -0.05) is 12.1 Å². The molecule has 0 amide bonds. The normalized spacial score (nSPS) is 12.8. The third-order valence-electron chi connectivity index (χ3n) is 3.35. The average molecular weight is 289 g/mol. The minimum Gasteiger partial charge on any atom is -0.320 e. The van der Waals surface area contributed by atoms with Crippen molar-refractivity contribution in [1.82, 2.24) is 0 Å². The van der Waals surface area contributed by atoms with E-state index in [1.807, 2.05) is 6.07 Å². The summed E-state index contributed by atoms with van der Waals surface area (Å²) < 4.78 is 27.5. The molecule has 3 rings (SSSR count). The van der Waals surface area contributed by atoms with Gasteiger partial charge in [0.25, 0.3) is 0 Å². The molecule has 2 aromatic carbocycles. The summed E-state index contributed by atoms with van der Waals surface area (Å²) in [7, 11) is 0. The summed E-state index contributed by atoms with van der Waals surface area (Å²) in [6, 6.07) is 11.1. The van der Waals surface area contributed by atoms with Crippen LogP contribution < -0.4 is 5.73 Å². The Balaban J connectivity index is 2.02. The van der Waals surface area contributed by atoms with Gasteiger partial charge in [0.2, 0.25) is 0 Å². The van der Waals surface area contributed by atoms with Crippen molar-refractivity contribution >= 4 is 21.4 Å². The number of rotatable bonds is 2. The van der Waals surface area contributed by atoms with Crippen molar-refractivity contribution in [2.75, 3.05) is 0 Å². The summed E-state index contributed by atoms with van der Waals surface area (Å²) in [5.74, 6) is -0.493. The van der Waals surface area contributed by atoms with E-state index in [1.165, 1.54) is 29.5 Å². The van der Waals surface area contributed by atoms with Gasteiger partial charge in [0, 0.05) is 9.58 Å². The van der Waals surface area contributed by atoms with Gasteiger partial charge >= 0.3 is 0 Å². The molecule has 1 aromatic heterocycles. The van der Waals surface area contributed by atoms with Crippen LogP contribution in [-0.4, -0.2) is 0 Å². The summed E-state index contributed by atoms with van der Waals surface area (Å²) in [5, 5.41) is 0.847. The highest BCUT2D eigenvalue weighted by Crippen LogP contribution is 2.32. The Morgan fingerprint density at radius 3 is 2.60 bits per heavy atom. The highest BCUT2D eigenvalue weighted by Gasteiger charge is 2.13. The molecule has 1 heterocycles. The molecular weight excluding hydrogens is 276 g/mol. The van der Waals surface area contributed by atoms with Crippen molar-refractivity contribution < 1.29 is 8.78 Å². The van der Waals surface area contributed by atoms with E-state index in [2.05, 4.69) is 0 Å². The first-order chi connectivity index (χ1) is 9.54. The Bertz CT molecular complexity index is 779. The first-order valence-corrected chi connectivity index (χ1v) is 7.07. The molecule has 1 atom stereocenters. The standard InChI is InChI=1S/C16H13F2NS/c1-9-6-10(2-4-13(9)18)16(19)15-8-11-7-12(17)3-5-14(11)20-15/h2-8,16H,19H2,1H3. The highest BCUT2D eigenvalue weighted by atomic mass is 32.1. The number of hydrogen-bond acceptors (Lipinski definition) is 2. The zero-order valence-corrected chi connectivity index (χ0v) is 11.7. The van der Waals surface area contributed by atoms with Crippen LogP contribution in [0.1, 0.15) is 22.0 Å². The fourth-order valence-corrected chi connectivity index (χ4v) is 3.29. The van der Waals surface area contributed by atoms with E-state index in [1.54, 1.807) is 25.1 Å². The van der Waals surface area contributed by atoms with E-state index in [9.17, 15) is 8.78 Å². The van der Waals surface area contributed by atoms with Crippen LogP contribution in [0.2, 0.25) is 0 Å². The largest absolute Gasteiger partial charge is 0.320 e. The van der Waals surface area contributed by atoms with E-state index in [0.717, 1.165) is 20.5 Å². The molecule has 0 aliphatic carbocycles. The van der Waals surface area contributed by atoms with Gasteiger partial charge in [-0.05, 0) is 53.8 Å². The first-order valence-electron chi connectivity index (χ1n) is 6.25. The number of nitrogens with two attached hydrogens (primary N) is 1. The minimum atomic E-state index is -0.324. The predicted molar refractivity (Wildman–Crippen MR) is 79.0 cm³/mol. The third kappa shape index (κ3) is 2.32. The molecule has 0 aliphatic heterocycles. The lowest BCUT2D eigenvalue weighted by Gasteiger charge is -2.11. The van der Waals surface area contributed by atoms with Crippen molar-refractivity contribution in [3.05, 3.63) is 70.1 Å². The van der Waals surface area contributed by atoms with Crippen LogP contribution in [0.4, 0.5) is 8.78 Å². The lowest BCUT2D eigenvalue weighted by atomic mass is 10.0. The maximum atomic E-state index is 13.3. The van der Waals surface area contributed by atoms with Gasteiger partial charge in [0.1, 0.15) is 11.6 Å². The lowest BCUT2D eigenvalue weighted by molar-refractivity contribution is 0.617. The summed E-state index contributed by atoms with van der Waals surface area (Å²) in [5.41, 5.74) is 7.66. The number of fused-ring (bicyclic) bond motifs is 1. The van der Waals surface area contributed by atoms with Crippen molar-refractivity contribution in [1.29, 1.82) is 0 Å². The molecule has 0 aliphatic rings. The molecule has 0 fully saturated rings. The van der Waals surface area contributed by atoms with Gasteiger partial charge in [-0.15, -0.1) is 11.3 Å². The van der Waals surface area contributed by atoms with E-state index in [4.69, 9.17) is 5.73 Å². The molecular formula is C16H13F2NS. The van der Waals surface area contributed by atoms with Crippen LogP contribution in [-0.2, 0) is 0 Å². The second-order valence-electron chi connectivity index (χ2n) is 4.82. The predicted octanol–water partition coefficient (Wildman–Crippen LogP) is 4.54. The summed E-state index contributed by atoms with van der Waals surface area (Å²) >= 11 is 1.53. The quantitative estimate of drug-likeness (QED) is 0.736. The molecule has 4 heteroatoms. The van der Waals surface area contributed by atoms with Crippen LogP contribution in [0.15, 0.2) is 42.5 Å². The Labute approximate surface area is 119 Å². The molecule has 0 radical (unpaired) electrons. The van der Waals surface area contributed by atoms with Crippen LogP contribution in [0, 0.1) is 18.6 Å². The first kappa shape index (κ1) is 13.2. The summed E-state index contributed by atoms with van der Waals surface area (Å²) in [6.45, 7) is 1.71. The number of aryl methyl sites for hydroxylation is 1. The van der Waals surface area contributed by atoms with E-state index in [0.29, 0.717) is 5.56 Å². The minimum absolute atomic E-state index is 0.237. The molecule has 1 nitrogen and oxygen atoms in total. The van der Waals surface area contributed by atoms with Gasteiger partial charge in [-0.3, -0.25) is 0 Å². The van der Waals surface area contributed by atoms with E-state index in [-0.39, 0.29) is 17.7 Å². The maximum Gasteiger partial charge on any atom is 0.126 e. The SMILES string of the molecule is Cc1cc(C(N)c2cc3cc(F)ccc3s2)ccc1F. The number of halogens is 2. The Hall–Kier alpha value is -1.78. The van der Waals surface area contributed by atoms with E-state index >= 15 is 0 Å². The van der Waals surface area contributed by atoms with Crippen LogP contribution >= 0.6 is 11.3 Å². The van der Waals surface area contributed by atoms with E-state index < -0.39 is 0 Å². The Morgan fingerprint density at radius 2 is 1.85 bits per heavy atom. The lowest BCUT2D eigenvalue weighted by Crippen LogP contribution is -2.10. The molecule has 20 heavy (non-hydrogen) atoms. The molecule has 0 saturated carbocycles. The summed E-state index contributed by atoms with van der Waals surface area (Å²) in [6.07, 6.45) is 0. The molecule has 0 spiro atoms. The molecule has 3 aromatic rings. The van der Waals surface area contributed by atoms with Gasteiger partial charge < -0.3 is 5.73 Å². The van der Waals surface area contributed by atoms with Crippen molar-refractivity contribution in [3.63, 3.8) is 0 Å². The smallest absolute Gasteiger partial charge is 0.126 e. The second-order valence-corrected chi connectivity index (χ2v) is 5.93. The van der Waals surface area contributed by atoms with Crippen LogP contribution in [0.3, 0.4) is 0 Å². The Kier molecular flexibility index (Phi) is 3.28. The van der Waals surface area contributed by atoms with Crippen molar-refractivity contribution in [2.24, 2.45) is 5.73 Å². The molecule has 102 valence electrons. The third-order valence-corrected chi connectivity index (χ3v) is 4.54. The highest BCUT2D eigenvalue weighted by molar-refractivity contribution is 7.19. The monoisotopic (exact) mass is 289 g/mol. The zero-order chi connectivity index (χ0) is 14.3. The van der Waals surface area contributed by atoms with Crippen molar-refractivity contribution in [2.45, 2.75) is 13.0 Å².